The minimum Gasteiger partial charge on any atom is -0.338 e. The molecule has 2 aliphatic heterocycles. The molecule has 0 aliphatic carbocycles. The van der Waals surface area contributed by atoms with E-state index in [0.717, 1.165) is 44.7 Å². The van der Waals surface area contributed by atoms with Crippen LogP contribution in [0.15, 0.2) is 18.5 Å². The second kappa shape index (κ2) is 4.98. The van der Waals surface area contributed by atoms with Crippen molar-refractivity contribution < 1.29 is 0 Å². The first-order chi connectivity index (χ1) is 8.43. The highest BCUT2D eigenvalue weighted by Crippen LogP contribution is 2.14. The van der Waals surface area contributed by atoms with Gasteiger partial charge in [0.2, 0.25) is 5.95 Å². The van der Waals surface area contributed by atoms with Crippen molar-refractivity contribution in [2.75, 3.05) is 44.2 Å². The lowest BCUT2D eigenvalue weighted by Gasteiger charge is -2.37. The first-order valence-corrected chi connectivity index (χ1v) is 6.40. The third-order valence-electron chi connectivity index (χ3n) is 3.70. The van der Waals surface area contributed by atoms with Crippen molar-refractivity contribution in [1.29, 1.82) is 0 Å². The van der Waals surface area contributed by atoms with Crippen molar-refractivity contribution in [2.24, 2.45) is 0 Å². The van der Waals surface area contributed by atoms with E-state index in [0.29, 0.717) is 0 Å². The lowest BCUT2D eigenvalue weighted by molar-refractivity contribution is 0.196. The van der Waals surface area contributed by atoms with Gasteiger partial charge in [0.1, 0.15) is 0 Å². The average Bonchev–Trinajstić information content (AvgIpc) is 2.94. The van der Waals surface area contributed by atoms with Gasteiger partial charge in [-0.05, 0) is 19.0 Å². The molecule has 0 radical (unpaired) electrons. The average molecular weight is 233 g/mol. The van der Waals surface area contributed by atoms with Gasteiger partial charge in [-0.2, -0.15) is 0 Å². The summed E-state index contributed by atoms with van der Waals surface area (Å²) >= 11 is 0. The van der Waals surface area contributed by atoms with E-state index in [1.165, 1.54) is 13.0 Å². The second-order valence-electron chi connectivity index (χ2n) is 4.72. The van der Waals surface area contributed by atoms with Crippen molar-refractivity contribution in [3.8, 4) is 0 Å². The van der Waals surface area contributed by atoms with Gasteiger partial charge in [-0.15, -0.1) is 0 Å². The molecule has 3 heterocycles. The van der Waals surface area contributed by atoms with Crippen molar-refractivity contribution in [1.82, 2.24) is 20.2 Å². The first-order valence-electron chi connectivity index (χ1n) is 6.40. The SMILES string of the molecule is c1cnc(N2CCN(C3CCNC3)CC2)nc1. The van der Waals surface area contributed by atoms with Crippen molar-refractivity contribution in [2.45, 2.75) is 12.5 Å². The molecule has 0 amide bonds. The number of nitrogens with one attached hydrogen (secondary N) is 1. The van der Waals surface area contributed by atoms with Gasteiger partial charge in [0, 0.05) is 51.2 Å². The summed E-state index contributed by atoms with van der Waals surface area (Å²) in [5.74, 6) is 0.872. The van der Waals surface area contributed by atoms with Gasteiger partial charge in [0.05, 0.1) is 0 Å². The highest BCUT2D eigenvalue weighted by atomic mass is 15.3. The molecule has 2 aliphatic rings. The van der Waals surface area contributed by atoms with Crippen molar-refractivity contribution >= 4 is 5.95 Å². The standard InChI is InChI=1S/C12H19N5/c1-3-14-12(15-4-1)17-8-6-16(7-9-17)11-2-5-13-10-11/h1,3-4,11,13H,2,5-10H2. The number of rotatable bonds is 2. The zero-order valence-corrected chi connectivity index (χ0v) is 10.0. The maximum Gasteiger partial charge on any atom is 0.225 e. The molecule has 92 valence electrons. The lowest BCUT2D eigenvalue weighted by atomic mass is 10.2. The van der Waals surface area contributed by atoms with E-state index in [1.54, 1.807) is 0 Å². The van der Waals surface area contributed by atoms with E-state index in [2.05, 4.69) is 25.1 Å². The zero-order valence-electron chi connectivity index (χ0n) is 10.0. The molecule has 1 aromatic rings. The second-order valence-corrected chi connectivity index (χ2v) is 4.72. The van der Waals surface area contributed by atoms with E-state index in [1.807, 2.05) is 18.5 Å². The maximum atomic E-state index is 4.31. The van der Waals surface area contributed by atoms with E-state index < -0.39 is 0 Å². The molecule has 0 aromatic carbocycles. The van der Waals surface area contributed by atoms with Crippen molar-refractivity contribution in [3.63, 3.8) is 0 Å². The Bertz CT molecular complexity index is 341. The Morgan fingerprint density at radius 3 is 2.53 bits per heavy atom. The van der Waals surface area contributed by atoms with Crippen LogP contribution in [-0.4, -0.2) is 60.2 Å². The Morgan fingerprint density at radius 1 is 1.12 bits per heavy atom. The molecule has 1 atom stereocenters. The number of nitrogens with zero attached hydrogens (tertiary/aromatic N) is 4. The summed E-state index contributed by atoms with van der Waals surface area (Å²) in [7, 11) is 0. The van der Waals surface area contributed by atoms with Gasteiger partial charge in [0.25, 0.3) is 0 Å². The maximum absolute atomic E-state index is 4.31. The molecule has 1 unspecified atom stereocenters. The van der Waals surface area contributed by atoms with Crippen LogP contribution in [0.5, 0.6) is 0 Å². The minimum atomic E-state index is 0.744. The van der Waals surface area contributed by atoms with Gasteiger partial charge < -0.3 is 10.2 Å². The Labute approximate surface area is 102 Å². The molecule has 17 heavy (non-hydrogen) atoms. The molecular formula is C12H19N5. The summed E-state index contributed by atoms with van der Waals surface area (Å²) < 4.78 is 0. The zero-order chi connectivity index (χ0) is 11.5. The summed E-state index contributed by atoms with van der Waals surface area (Å²) in [6.45, 7) is 6.67. The summed E-state index contributed by atoms with van der Waals surface area (Å²) in [6.07, 6.45) is 4.92. The highest BCUT2D eigenvalue weighted by molar-refractivity contribution is 5.29. The molecule has 3 rings (SSSR count). The smallest absolute Gasteiger partial charge is 0.225 e. The van der Waals surface area contributed by atoms with E-state index >= 15 is 0 Å². The fraction of sp³-hybridized carbons (Fsp3) is 0.667. The van der Waals surface area contributed by atoms with Crippen LogP contribution >= 0.6 is 0 Å². The number of anilines is 1. The molecule has 5 nitrogen and oxygen atoms in total. The number of aromatic nitrogens is 2. The minimum absolute atomic E-state index is 0.744. The monoisotopic (exact) mass is 233 g/mol. The molecule has 1 N–H and O–H groups in total. The number of hydrogen-bond donors (Lipinski definition) is 1. The van der Waals surface area contributed by atoms with Crippen LogP contribution in [0.1, 0.15) is 6.42 Å². The Hall–Kier alpha value is -1.20. The van der Waals surface area contributed by atoms with Crippen LogP contribution in [0.2, 0.25) is 0 Å². The van der Waals surface area contributed by atoms with E-state index in [9.17, 15) is 0 Å². The van der Waals surface area contributed by atoms with Gasteiger partial charge in [-0.1, -0.05) is 0 Å². The van der Waals surface area contributed by atoms with Gasteiger partial charge in [-0.3, -0.25) is 4.90 Å². The first kappa shape index (κ1) is 10.9. The third-order valence-corrected chi connectivity index (χ3v) is 3.70. The predicted molar refractivity (Wildman–Crippen MR) is 67.1 cm³/mol. The van der Waals surface area contributed by atoms with Gasteiger partial charge >= 0.3 is 0 Å². The van der Waals surface area contributed by atoms with Gasteiger partial charge in [-0.25, -0.2) is 9.97 Å². The number of piperazine rings is 1. The lowest BCUT2D eigenvalue weighted by Crippen LogP contribution is -2.51. The van der Waals surface area contributed by atoms with E-state index in [4.69, 9.17) is 0 Å². The third kappa shape index (κ3) is 2.40. The fourth-order valence-electron chi connectivity index (χ4n) is 2.69. The molecule has 0 spiro atoms. The summed E-state index contributed by atoms with van der Waals surface area (Å²) in [5.41, 5.74) is 0. The Morgan fingerprint density at radius 2 is 1.88 bits per heavy atom. The van der Waals surface area contributed by atoms with E-state index in [-0.39, 0.29) is 0 Å². The molecule has 5 heteroatoms. The molecule has 0 saturated carbocycles. The summed E-state index contributed by atoms with van der Waals surface area (Å²) in [5, 5.41) is 3.43. The van der Waals surface area contributed by atoms with Crippen LogP contribution in [0.3, 0.4) is 0 Å². The largest absolute Gasteiger partial charge is 0.338 e. The quantitative estimate of drug-likeness (QED) is 0.776. The molecule has 0 bridgehead atoms. The Balaban J connectivity index is 1.57. The van der Waals surface area contributed by atoms with Crippen LogP contribution in [0.4, 0.5) is 5.95 Å². The van der Waals surface area contributed by atoms with Crippen LogP contribution < -0.4 is 10.2 Å². The highest BCUT2D eigenvalue weighted by Gasteiger charge is 2.26. The fourth-order valence-corrected chi connectivity index (χ4v) is 2.69. The number of hydrogen-bond acceptors (Lipinski definition) is 5. The molecule has 1 aromatic heterocycles. The predicted octanol–water partition coefficient (Wildman–Crippen LogP) is -0.0395. The van der Waals surface area contributed by atoms with Crippen LogP contribution in [0.25, 0.3) is 0 Å². The Kier molecular flexibility index (Phi) is 3.20. The van der Waals surface area contributed by atoms with Gasteiger partial charge in [0.15, 0.2) is 0 Å². The molecular weight excluding hydrogens is 214 g/mol. The van der Waals surface area contributed by atoms with Crippen molar-refractivity contribution in [3.05, 3.63) is 18.5 Å². The molecule has 2 fully saturated rings. The van der Waals surface area contributed by atoms with Crippen LogP contribution in [0, 0.1) is 0 Å². The summed E-state index contributed by atoms with van der Waals surface area (Å²) in [6, 6.07) is 2.61. The molecule has 2 saturated heterocycles. The topological polar surface area (TPSA) is 44.3 Å². The normalized spacial score (nSPS) is 26.4. The van der Waals surface area contributed by atoms with Crippen LogP contribution in [-0.2, 0) is 0 Å². The summed E-state index contributed by atoms with van der Waals surface area (Å²) in [4.78, 5) is 13.5.